The maximum absolute atomic E-state index is 12.9. The first-order valence-electron chi connectivity index (χ1n) is 4.88. The molecule has 1 N–H and O–H groups in total. The lowest BCUT2D eigenvalue weighted by Gasteiger charge is -2.12. The first-order valence-corrected chi connectivity index (χ1v) is 4.88. The van der Waals surface area contributed by atoms with Crippen molar-refractivity contribution >= 4 is 0 Å². The number of nitrogens with zero attached hydrogens (tertiary/aromatic N) is 2. The van der Waals surface area contributed by atoms with Gasteiger partial charge in [-0.3, -0.25) is 0 Å². The van der Waals surface area contributed by atoms with E-state index in [1.165, 1.54) is 18.5 Å². The minimum atomic E-state index is -0.844. The van der Waals surface area contributed by atoms with E-state index in [0.29, 0.717) is 16.8 Å². The standard InChI is InChI=1S/C12H11FN2O/c1-8-6-9(13)2-3-10(8)12(16)11-4-5-14-7-15-11/h2-7,12,16H,1H3. The molecule has 0 amide bonds. The minimum Gasteiger partial charge on any atom is -0.382 e. The Balaban J connectivity index is 2.38. The summed E-state index contributed by atoms with van der Waals surface area (Å²) in [5.41, 5.74) is 1.86. The molecule has 1 unspecified atom stereocenters. The Hall–Kier alpha value is -1.81. The number of hydrogen-bond acceptors (Lipinski definition) is 3. The third-order valence-corrected chi connectivity index (χ3v) is 2.41. The zero-order valence-electron chi connectivity index (χ0n) is 8.76. The number of aliphatic hydroxyl groups is 1. The fourth-order valence-electron chi connectivity index (χ4n) is 1.57. The highest BCUT2D eigenvalue weighted by atomic mass is 19.1. The normalized spacial score (nSPS) is 12.4. The smallest absolute Gasteiger partial charge is 0.123 e. The molecule has 0 aliphatic rings. The van der Waals surface area contributed by atoms with Gasteiger partial charge in [0.1, 0.15) is 18.2 Å². The monoisotopic (exact) mass is 218 g/mol. The zero-order valence-corrected chi connectivity index (χ0v) is 8.76. The van der Waals surface area contributed by atoms with E-state index < -0.39 is 6.10 Å². The van der Waals surface area contributed by atoms with Crippen LogP contribution in [0.1, 0.15) is 22.9 Å². The highest BCUT2D eigenvalue weighted by Crippen LogP contribution is 2.23. The predicted octanol–water partition coefficient (Wildman–Crippen LogP) is 2.01. The van der Waals surface area contributed by atoms with Gasteiger partial charge in [0.25, 0.3) is 0 Å². The fourth-order valence-corrected chi connectivity index (χ4v) is 1.57. The highest BCUT2D eigenvalue weighted by molar-refractivity contribution is 5.32. The van der Waals surface area contributed by atoms with Crippen LogP contribution in [0.5, 0.6) is 0 Å². The Morgan fingerprint density at radius 1 is 1.31 bits per heavy atom. The molecule has 1 aromatic carbocycles. The van der Waals surface area contributed by atoms with Gasteiger partial charge in [-0.05, 0) is 36.2 Å². The molecule has 0 aliphatic heterocycles. The molecule has 4 heteroatoms. The lowest BCUT2D eigenvalue weighted by molar-refractivity contribution is 0.214. The lowest BCUT2D eigenvalue weighted by atomic mass is 10.0. The number of rotatable bonds is 2. The van der Waals surface area contributed by atoms with Crippen LogP contribution in [0.4, 0.5) is 4.39 Å². The van der Waals surface area contributed by atoms with Crippen molar-refractivity contribution in [1.29, 1.82) is 0 Å². The highest BCUT2D eigenvalue weighted by Gasteiger charge is 2.14. The Labute approximate surface area is 92.6 Å². The topological polar surface area (TPSA) is 46.0 Å². The number of aromatic nitrogens is 2. The van der Waals surface area contributed by atoms with Gasteiger partial charge in [0.2, 0.25) is 0 Å². The number of aryl methyl sites for hydroxylation is 1. The molecule has 0 radical (unpaired) electrons. The zero-order chi connectivity index (χ0) is 11.5. The molecular weight excluding hydrogens is 207 g/mol. The summed E-state index contributed by atoms with van der Waals surface area (Å²) >= 11 is 0. The molecule has 0 saturated heterocycles. The second kappa shape index (κ2) is 4.37. The van der Waals surface area contributed by atoms with Gasteiger partial charge in [-0.25, -0.2) is 14.4 Å². The maximum atomic E-state index is 12.9. The third kappa shape index (κ3) is 2.06. The molecule has 0 aliphatic carbocycles. The first-order chi connectivity index (χ1) is 7.68. The minimum absolute atomic E-state index is 0.309. The summed E-state index contributed by atoms with van der Waals surface area (Å²) in [7, 11) is 0. The predicted molar refractivity (Wildman–Crippen MR) is 57.2 cm³/mol. The SMILES string of the molecule is Cc1cc(F)ccc1C(O)c1ccncn1. The Kier molecular flexibility index (Phi) is 2.92. The van der Waals surface area contributed by atoms with Crippen molar-refractivity contribution in [2.75, 3.05) is 0 Å². The summed E-state index contributed by atoms with van der Waals surface area (Å²) in [6, 6.07) is 5.91. The Morgan fingerprint density at radius 3 is 2.75 bits per heavy atom. The average molecular weight is 218 g/mol. The number of aliphatic hydroxyl groups excluding tert-OH is 1. The van der Waals surface area contributed by atoms with Gasteiger partial charge in [-0.15, -0.1) is 0 Å². The summed E-state index contributed by atoms with van der Waals surface area (Å²) in [5, 5.41) is 10.1. The van der Waals surface area contributed by atoms with Gasteiger partial charge >= 0.3 is 0 Å². The van der Waals surface area contributed by atoms with Crippen LogP contribution in [-0.2, 0) is 0 Å². The average Bonchev–Trinajstić information content (AvgIpc) is 2.29. The molecule has 2 rings (SSSR count). The quantitative estimate of drug-likeness (QED) is 0.838. The van der Waals surface area contributed by atoms with E-state index in [1.807, 2.05) is 0 Å². The van der Waals surface area contributed by atoms with Crippen molar-refractivity contribution in [3.05, 3.63) is 59.4 Å². The fraction of sp³-hybridized carbons (Fsp3) is 0.167. The molecule has 82 valence electrons. The van der Waals surface area contributed by atoms with Crippen molar-refractivity contribution in [1.82, 2.24) is 9.97 Å². The molecule has 3 nitrogen and oxygen atoms in total. The van der Waals surface area contributed by atoms with Crippen LogP contribution in [0, 0.1) is 12.7 Å². The number of benzene rings is 1. The van der Waals surface area contributed by atoms with E-state index in [9.17, 15) is 9.50 Å². The molecular formula is C12H11FN2O. The molecule has 0 fully saturated rings. The van der Waals surface area contributed by atoms with Crippen LogP contribution in [0.3, 0.4) is 0 Å². The van der Waals surface area contributed by atoms with Crippen molar-refractivity contribution in [3.63, 3.8) is 0 Å². The van der Waals surface area contributed by atoms with E-state index >= 15 is 0 Å². The molecule has 1 aromatic heterocycles. The van der Waals surface area contributed by atoms with Crippen LogP contribution in [0.15, 0.2) is 36.8 Å². The van der Waals surface area contributed by atoms with Gasteiger partial charge in [-0.1, -0.05) is 6.07 Å². The molecule has 0 saturated carbocycles. The lowest BCUT2D eigenvalue weighted by Crippen LogP contribution is -2.04. The van der Waals surface area contributed by atoms with Crippen LogP contribution < -0.4 is 0 Å². The summed E-state index contributed by atoms with van der Waals surface area (Å²) in [6.45, 7) is 1.75. The van der Waals surface area contributed by atoms with Crippen LogP contribution in [0.2, 0.25) is 0 Å². The Bertz CT molecular complexity index is 488. The van der Waals surface area contributed by atoms with Crippen molar-refractivity contribution in [3.8, 4) is 0 Å². The molecule has 1 atom stereocenters. The molecule has 2 aromatic rings. The van der Waals surface area contributed by atoms with Crippen LogP contribution in [-0.4, -0.2) is 15.1 Å². The van der Waals surface area contributed by atoms with E-state index in [1.54, 1.807) is 25.3 Å². The van der Waals surface area contributed by atoms with Crippen molar-refractivity contribution in [2.45, 2.75) is 13.0 Å². The summed E-state index contributed by atoms with van der Waals surface area (Å²) in [5.74, 6) is -0.309. The van der Waals surface area contributed by atoms with E-state index in [2.05, 4.69) is 9.97 Å². The third-order valence-electron chi connectivity index (χ3n) is 2.41. The van der Waals surface area contributed by atoms with Gasteiger partial charge in [-0.2, -0.15) is 0 Å². The van der Waals surface area contributed by atoms with Crippen molar-refractivity contribution < 1.29 is 9.50 Å². The summed E-state index contributed by atoms with van der Waals surface area (Å²) < 4.78 is 12.9. The van der Waals surface area contributed by atoms with Crippen LogP contribution in [0.25, 0.3) is 0 Å². The van der Waals surface area contributed by atoms with Crippen molar-refractivity contribution in [2.24, 2.45) is 0 Å². The van der Waals surface area contributed by atoms with E-state index in [0.717, 1.165) is 0 Å². The maximum Gasteiger partial charge on any atom is 0.123 e. The second-order valence-electron chi connectivity index (χ2n) is 3.54. The van der Waals surface area contributed by atoms with Gasteiger partial charge in [0.15, 0.2) is 0 Å². The second-order valence-corrected chi connectivity index (χ2v) is 3.54. The van der Waals surface area contributed by atoms with Crippen LogP contribution >= 0.6 is 0 Å². The van der Waals surface area contributed by atoms with E-state index in [-0.39, 0.29) is 5.82 Å². The number of halogens is 1. The summed E-state index contributed by atoms with van der Waals surface area (Å²) in [4.78, 5) is 7.74. The molecule has 1 heterocycles. The molecule has 0 spiro atoms. The number of hydrogen-bond donors (Lipinski definition) is 1. The largest absolute Gasteiger partial charge is 0.382 e. The van der Waals surface area contributed by atoms with Gasteiger partial charge in [0, 0.05) is 6.20 Å². The first kappa shape index (κ1) is 10.7. The van der Waals surface area contributed by atoms with E-state index in [4.69, 9.17) is 0 Å². The van der Waals surface area contributed by atoms with Gasteiger partial charge < -0.3 is 5.11 Å². The molecule has 0 bridgehead atoms. The van der Waals surface area contributed by atoms with Gasteiger partial charge in [0.05, 0.1) is 5.69 Å². The summed E-state index contributed by atoms with van der Waals surface area (Å²) in [6.07, 6.45) is 2.09. The molecule has 16 heavy (non-hydrogen) atoms. The Morgan fingerprint density at radius 2 is 2.12 bits per heavy atom.